The molecular weight excluding hydrogens is 244 g/mol. The second-order valence-corrected chi connectivity index (χ2v) is 7.86. The van der Waals surface area contributed by atoms with Gasteiger partial charge in [0.25, 0.3) is 6.02 Å². The number of nitrogens with two attached hydrogens (primary N) is 1. The number of rotatable bonds is 3. The van der Waals surface area contributed by atoms with E-state index in [1.165, 1.54) is 25.7 Å². The summed E-state index contributed by atoms with van der Waals surface area (Å²) in [5.74, 6) is 5.24. The molecular formula is C14H22N2OS. The molecule has 0 aromatic rings. The number of amidine groups is 1. The summed E-state index contributed by atoms with van der Waals surface area (Å²) in [6.07, 6.45) is 7.82. The van der Waals surface area contributed by atoms with E-state index in [-0.39, 0.29) is 6.10 Å². The molecule has 0 aromatic heterocycles. The van der Waals surface area contributed by atoms with Crippen molar-refractivity contribution in [3.05, 3.63) is 0 Å². The molecule has 4 saturated carbocycles. The number of ether oxygens (including phenoxy) is 1. The zero-order valence-corrected chi connectivity index (χ0v) is 11.6. The highest BCUT2D eigenvalue weighted by Gasteiger charge is 2.48. The fourth-order valence-electron chi connectivity index (χ4n) is 4.89. The molecule has 4 heteroatoms. The summed E-state index contributed by atoms with van der Waals surface area (Å²) in [4.78, 5) is 4.13. The molecule has 2 N–H and O–H groups in total. The Morgan fingerprint density at radius 1 is 1.11 bits per heavy atom. The number of nitrogens with zero attached hydrogens (tertiary/aromatic N) is 1. The summed E-state index contributed by atoms with van der Waals surface area (Å²) in [6.45, 7) is 0.770. The molecule has 4 aliphatic carbocycles. The maximum Gasteiger partial charge on any atom is 0.282 e. The van der Waals surface area contributed by atoms with Crippen LogP contribution in [0.15, 0.2) is 4.99 Å². The molecule has 4 fully saturated rings. The Morgan fingerprint density at radius 3 is 2.33 bits per heavy atom. The van der Waals surface area contributed by atoms with Crippen molar-refractivity contribution < 1.29 is 4.74 Å². The van der Waals surface area contributed by atoms with Crippen molar-refractivity contribution in [2.75, 3.05) is 12.3 Å². The summed E-state index contributed by atoms with van der Waals surface area (Å²) in [5, 5.41) is 0.906. The van der Waals surface area contributed by atoms with Gasteiger partial charge in [-0.05, 0) is 55.8 Å². The van der Waals surface area contributed by atoms with E-state index in [4.69, 9.17) is 10.5 Å². The van der Waals surface area contributed by atoms with Crippen molar-refractivity contribution in [3.63, 3.8) is 0 Å². The summed E-state index contributed by atoms with van der Waals surface area (Å²) in [7, 11) is 0. The minimum atomic E-state index is 0.243. The molecule has 4 bridgehead atoms. The third kappa shape index (κ3) is 1.93. The molecule has 18 heavy (non-hydrogen) atoms. The van der Waals surface area contributed by atoms with Crippen molar-refractivity contribution in [2.24, 2.45) is 34.4 Å². The Morgan fingerprint density at radius 2 is 1.78 bits per heavy atom. The van der Waals surface area contributed by atoms with Gasteiger partial charge in [0.15, 0.2) is 0 Å². The van der Waals surface area contributed by atoms with Crippen LogP contribution < -0.4 is 5.73 Å². The first kappa shape index (κ1) is 11.4. The SMILES string of the molecule is NC1=NCC(CSC2C3CC4CC(C3)CC2C4)O1. The second kappa shape index (κ2) is 4.32. The smallest absolute Gasteiger partial charge is 0.282 e. The molecule has 1 atom stereocenters. The van der Waals surface area contributed by atoms with E-state index in [9.17, 15) is 0 Å². The number of hydrogen-bond donors (Lipinski definition) is 1. The lowest BCUT2D eigenvalue weighted by Crippen LogP contribution is -2.47. The zero-order valence-electron chi connectivity index (χ0n) is 10.8. The van der Waals surface area contributed by atoms with Gasteiger partial charge < -0.3 is 10.5 Å². The molecule has 1 unspecified atom stereocenters. The lowest BCUT2D eigenvalue weighted by molar-refractivity contribution is 0.0266. The van der Waals surface area contributed by atoms with Crippen LogP contribution in [0.2, 0.25) is 0 Å². The number of aliphatic imine (C=N–C) groups is 1. The predicted molar refractivity (Wildman–Crippen MR) is 74.7 cm³/mol. The Kier molecular flexibility index (Phi) is 2.75. The van der Waals surface area contributed by atoms with Crippen LogP contribution in [0.3, 0.4) is 0 Å². The lowest BCUT2D eigenvalue weighted by Gasteiger charge is -2.54. The average molecular weight is 266 g/mol. The van der Waals surface area contributed by atoms with Gasteiger partial charge in [-0.2, -0.15) is 11.8 Å². The van der Waals surface area contributed by atoms with E-state index < -0.39 is 0 Å². The summed E-state index contributed by atoms with van der Waals surface area (Å²) in [6, 6.07) is 0.394. The van der Waals surface area contributed by atoms with Crippen LogP contribution in [0.4, 0.5) is 0 Å². The fourth-order valence-corrected chi connectivity index (χ4v) is 6.49. The minimum absolute atomic E-state index is 0.243. The van der Waals surface area contributed by atoms with E-state index in [1.54, 1.807) is 6.42 Å². The van der Waals surface area contributed by atoms with Gasteiger partial charge in [0, 0.05) is 11.0 Å². The normalized spacial score (nSPS) is 49.2. The molecule has 100 valence electrons. The van der Waals surface area contributed by atoms with Gasteiger partial charge in [-0.15, -0.1) is 0 Å². The van der Waals surface area contributed by atoms with Gasteiger partial charge in [-0.3, -0.25) is 0 Å². The van der Waals surface area contributed by atoms with E-state index >= 15 is 0 Å². The van der Waals surface area contributed by atoms with Gasteiger partial charge in [0.05, 0.1) is 6.54 Å². The highest BCUT2D eigenvalue weighted by Crippen LogP contribution is 2.57. The molecule has 0 saturated heterocycles. The molecule has 0 aromatic carbocycles. The molecule has 5 aliphatic rings. The molecule has 1 heterocycles. The monoisotopic (exact) mass is 266 g/mol. The van der Waals surface area contributed by atoms with Crippen molar-refractivity contribution in [1.82, 2.24) is 0 Å². The Bertz CT molecular complexity index is 343. The van der Waals surface area contributed by atoms with Gasteiger partial charge in [0.2, 0.25) is 0 Å². The van der Waals surface area contributed by atoms with Gasteiger partial charge in [-0.25, -0.2) is 4.99 Å². The van der Waals surface area contributed by atoms with E-state index in [0.29, 0.717) is 6.02 Å². The zero-order chi connectivity index (χ0) is 12.1. The molecule has 3 nitrogen and oxygen atoms in total. The van der Waals surface area contributed by atoms with Crippen LogP contribution in [0.1, 0.15) is 32.1 Å². The van der Waals surface area contributed by atoms with Crippen LogP contribution in [-0.4, -0.2) is 29.7 Å². The molecule has 1 aliphatic heterocycles. The summed E-state index contributed by atoms with van der Waals surface area (Å²) < 4.78 is 5.51. The quantitative estimate of drug-likeness (QED) is 0.852. The topological polar surface area (TPSA) is 47.6 Å². The van der Waals surface area contributed by atoms with E-state index in [0.717, 1.165) is 41.2 Å². The lowest BCUT2D eigenvalue weighted by atomic mass is 9.56. The largest absolute Gasteiger partial charge is 0.459 e. The maximum absolute atomic E-state index is 5.57. The number of thioether (sulfide) groups is 1. The van der Waals surface area contributed by atoms with Crippen molar-refractivity contribution >= 4 is 17.8 Å². The number of hydrogen-bond acceptors (Lipinski definition) is 4. The highest BCUT2D eigenvalue weighted by molar-refractivity contribution is 8.00. The average Bonchev–Trinajstić information content (AvgIpc) is 2.73. The van der Waals surface area contributed by atoms with Crippen molar-refractivity contribution in [1.29, 1.82) is 0 Å². The molecule has 0 spiro atoms. The van der Waals surface area contributed by atoms with Crippen LogP contribution >= 0.6 is 11.8 Å². The first-order valence-corrected chi connectivity index (χ1v) is 8.41. The third-order valence-corrected chi connectivity index (χ3v) is 7.07. The second-order valence-electron chi connectivity index (χ2n) is 6.65. The van der Waals surface area contributed by atoms with Crippen LogP contribution in [0, 0.1) is 23.7 Å². The third-order valence-electron chi connectivity index (χ3n) is 5.35. The summed E-state index contributed by atoms with van der Waals surface area (Å²) in [5.41, 5.74) is 5.57. The molecule has 5 rings (SSSR count). The Balaban J connectivity index is 1.35. The predicted octanol–water partition coefficient (Wildman–Crippen LogP) is 2.26. The van der Waals surface area contributed by atoms with E-state index in [2.05, 4.69) is 16.8 Å². The molecule has 0 radical (unpaired) electrons. The minimum Gasteiger partial charge on any atom is -0.459 e. The van der Waals surface area contributed by atoms with Crippen LogP contribution in [0.25, 0.3) is 0 Å². The Hall–Kier alpha value is -0.380. The van der Waals surface area contributed by atoms with Crippen LogP contribution in [-0.2, 0) is 4.74 Å². The van der Waals surface area contributed by atoms with E-state index in [1.807, 2.05) is 0 Å². The van der Waals surface area contributed by atoms with Gasteiger partial charge in [0.1, 0.15) is 6.10 Å². The summed E-state index contributed by atoms with van der Waals surface area (Å²) >= 11 is 2.16. The fraction of sp³-hybridized carbons (Fsp3) is 0.929. The highest BCUT2D eigenvalue weighted by atomic mass is 32.2. The van der Waals surface area contributed by atoms with Crippen molar-refractivity contribution in [2.45, 2.75) is 43.5 Å². The van der Waals surface area contributed by atoms with Gasteiger partial charge >= 0.3 is 0 Å². The van der Waals surface area contributed by atoms with Crippen molar-refractivity contribution in [3.8, 4) is 0 Å². The Labute approximate surface area is 113 Å². The standard InChI is InChI=1S/C14H22N2OS/c15-14-16-6-12(17-14)7-18-13-10-2-8-1-9(4-10)5-11(13)3-8/h8-13H,1-7H2,(H2,15,16). The molecule has 0 amide bonds. The first-order chi connectivity index (χ1) is 8.78. The van der Waals surface area contributed by atoms with Gasteiger partial charge in [-0.1, -0.05) is 0 Å². The van der Waals surface area contributed by atoms with Crippen LogP contribution in [0.5, 0.6) is 0 Å². The first-order valence-electron chi connectivity index (χ1n) is 7.36. The maximum atomic E-state index is 5.57.